The van der Waals surface area contributed by atoms with Gasteiger partial charge < -0.3 is 4.74 Å². The van der Waals surface area contributed by atoms with E-state index in [1.165, 1.54) is 63.4 Å². The molecule has 1 heterocycles. The van der Waals surface area contributed by atoms with Gasteiger partial charge in [0.1, 0.15) is 5.60 Å². The van der Waals surface area contributed by atoms with E-state index in [0.717, 1.165) is 5.90 Å². The van der Waals surface area contributed by atoms with Gasteiger partial charge in [-0.1, -0.05) is 32.3 Å². The lowest BCUT2D eigenvalue weighted by molar-refractivity contribution is 0.0270. The van der Waals surface area contributed by atoms with Crippen molar-refractivity contribution >= 4 is 5.90 Å². The average Bonchev–Trinajstić information content (AvgIpc) is 2.63. The van der Waals surface area contributed by atoms with E-state index in [-0.39, 0.29) is 5.60 Å². The second-order valence-corrected chi connectivity index (χ2v) is 6.46. The van der Waals surface area contributed by atoms with E-state index in [4.69, 9.17) is 9.73 Å². The first-order valence-corrected chi connectivity index (χ1v) is 7.65. The molecule has 0 radical (unpaired) electrons. The van der Waals surface area contributed by atoms with Crippen molar-refractivity contribution in [1.82, 2.24) is 0 Å². The van der Waals surface area contributed by atoms with E-state index in [0.29, 0.717) is 12.0 Å². The maximum absolute atomic E-state index is 6.22. The van der Waals surface area contributed by atoms with Crippen LogP contribution in [-0.4, -0.2) is 17.5 Å². The van der Waals surface area contributed by atoms with Crippen molar-refractivity contribution in [2.24, 2.45) is 10.9 Å². The van der Waals surface area contributed by atoms with Gasteiger partial charge in [-0.15, -0.1) is 0 Å². The highest BCUT2D eigenvalue weighted by molar-refractivity contribution is 5.96. The number of hydrogen-bond acceptors (Lipinski definition) is 2. The molecule has 3 fully saturated rings. The second-order valence-electron chi connectivity index (χ2n) is 6.46. The predicted octanol–water partition coefficient (Wildman–Crippen LogP) is 4.25. The summed E-state index contributed by atoms with van der Waals surface area (Å²) in [6, 6.07) is 0.495. The minimum atomic E-state index is 0.00281. The summed E-state index contributed by atoms with van der Waals surface area (Å²) < 4.78 is 6.22. The number of aliphatic imine (C=N–C) groups is 1. The molecule has 3 aliphatic rings. The number of nitrogens with zero attached hydrogens (tertiary/aromatic N) is 1. The van der Waals surface area contributed by atoms with Gasteiger partial charge in [-0.3, -0.25) is 0 Å². The molecular weight excluding hydrogens is 222 g/mol. The fourth-order valence-corrected chi connectivity index (χ4v) is 3.89. The minimum absolute atomic E-state index is 0.00281. The Morgan fingerprint density at radius 2 is 1.83 bits per heavy atom. The molecule has 2 aliphatic carbocycles. The third-order valence-corrected chi connectivity index (χ3v) is 5.05. The van der Waals surface area contributed by atoms with Crippen LogP contribution in [0.1, 0.15) is 64.7 Å². The van der Waals surface area contributed by atoms with E-state index < -0.39 is 0 Å². The Morgan fingerprint density at radius 1 is 1.11 bits per heavy atom. The highest BCUT2D eigenvalue weighted by Gasteiger charge is 2.48. The van der Waals surface area contributed by atoms with Gasteiger partial charge in [-0.25, -0.2) is 4.99 Å². The van der Waals surface area contributed by atoms with Crippen LogP contribution in [0.3, 0.4) is 0 Å². The van der Waals surface area contributed by atoms with Gasteiger partial charge in [0.25, 0.3) is 0 Å². The SMILES string of the molecule is C=C1C(=NC2CCCCC2)O[C@]2(C)CCCC[C@H]12. The molecule has 1 aliphatic heterocycles. The van der Waals surface area contributed by atoms with Crippen molar-refractivity contribution in [1.29, 1.82) is 0 Å². The van der Waals surface area contributed by atoms with Crippen LogP contribution >= 0.6 is 0 Å². The van der Waals surface area contributed by atoms with E-state index in [2.05, 4.69) is 13.5 Å². The van der Waals surface area contributed by atoms with E-state index in [1.807, 2.05) is 0 Å². The first-order chi connectivity index (χ1) is 8.69. The first-order valence-electron chi connectivity index (χ1n) is 7.65. The summed E-state index contributed by atoms with van der Waals surface area (Å²) >= 11 is 0. The minimum Gasteiger partial charge on any atom is -0.471 e. The monoisotopic (exact) mass is 247 g/mol. The maximum Gasteiger partial charge on any atom is 0.212 e. The fraction of sp³-hybridized carbons (Fsp3) is 0.812. The largest absolute Gasteiger partial charge is 0.471 e. The van der Waals surface area contributed by atoms with Crippen molar-refractivity contribution in [3.63, 3.8) is 0 Å². The summed E-state index contributed by atoms with van der Waals surface area (Å²) in [5.74, 6) is 1.42. The maximum atomic E-state index is 6.22. The molecule has 0 aromatic heterocycles. The van der Waals surface area contributed by atoms with Crippen LogP contribution in [0.4, 0.5) is 0 Å². The molecule has 0 bridgehead atoms. The summed E-state index contributed by atoms with van der Waals surface area (Å²) in [5, 5.41) is 0. The molecule has 0 aromatic carbocycles. The van der Waals surface area contributed by atoms with Crippen LogP contribution in [-0.2, 0) is 4.74 Å². The Hall–Kier alpha value is -0.790. The summed E-state index contributed by atoms with van der Waals surface area (Å²) in [5.41, 5.74) is 1.19. The van der Waals surface area contributed by atoms with Gasteiger partial charge in [0, 0.05) is 11.5 Å². The van der Waals surface area contributed by atoms with Crippen LogP contribution in [0.2, 0.25) is 0 Å². The second kappa shape index (κ2) is 4.71. The summed E-state index contributed by atoms with van der Waals surface area (Å²) in [4.78, 5) is 4.88. The topological polar surface area (TPSA) is 21.6 Å². The lowest BCUT2D eigenvalue weighted by Crippen LogP contribution is -2.34. The molecule has 18 heavy (non-hydrogen) atoms. The van der Waals surface area contributed by atoms with Gasteiger partial charge in [0.05, 0.1) is 6.04 Å². The fourth-order valence-electron chi connectivity index (χ4n) is 3.89. The van der Waals surface area contributed by atoms with Crippen molar-refractivity contribution in [2.45, 2.75) is 76.4 Å². The Bertz CT molecular complexity index is 367. The van der Waals surface area contributed by atoms with E-state index in [9.17, 15) is 0 Å². The molecule has 0 amide bonds. The zero-order chi connectivity index (χ0) is 12.6. The van der Waals surface area contributed by atoms with Gasteiger partial charge >= 0.3 is 0 Å². The van der Waals surface area contributed by atoms with E-state index in [1.54, 1.807) is 0 Å². The Kier molecular flexibility index (Phi) is 3.21. The molecule has 2 nitrogen and oxygen atoms in total. The predicted molar refractivity (Wildman–Crippen MR) is 74.9 cm³/mol. The standard InChI is InChI=1S/C16H25NO/c1-12-14-10-6-7-11-16(14,2)18-15(12)17-13-8-4-3-5-9-13/h13-14H,1,3-11H2,2H3/t14-,16-/m1/s1. The quantitative estimate of drug-likeness (QED) is 0.678. The molecule has 3 rings (SSSR count). The molecule has 2 atom stereocenters. The molecule has 0 unspecified atom stereocenters. The molecule has 0 spiro atoms. The summed E-state index contributed by atoms with van der Waals surface area (Å²) in [7, 11) is 0. The Morgan fingerprint density at radius 3 is 2.56 bits per heavy atom. The summed E-state index contributed by atoms with van der Waals surface area (Å²) in [6.07, 6.45) is 11.5. The number of fused-ring (bicyclic) bond motifs is 1. The average molecular weight is 247 g/mol. The number of rotatable bonds is 1. The Balaban J connectivity index is 1.77. The lowest BCUT2D eigenvalue weighted by atomic mass is 9.75. The van der Waals surface area contributed by atoms with Gasteiger partial charge in [-0.2, -0.15) is 0 Å². The number of ether oxygens (including phenoxy) is 1. The van der Waals surface area contributed by atoms with Crippen molar-refractivity contribution in [3.05, 3.63) is 12.2 Å². The van der Waals surface area contributed by atoms with Gasteiger partial charge in [0.2, 0.25) is 5.90 Å². The third kappa shape index (κ3) is 2.10. The summed E-state index contributed by atoms with van der Waals surface area (Å²) in [6.45, 7) is 6.53. The zero-order valence-corrected chi connectivity index (χ0v) is 11.6. The highest BCUT2D eigenvalue weighted by Crippen LogP contribution is 2.46. The third-order valence-electron chi connectivity index (χ3n) is 5.05. The van der Waals surface area contributed by atoms with Crippen LogP contribution < -0.4 is 0 Å². The van der Waals surface area contributed by atoms with Gasteiger partial charge in [-0.05, 0) is 39.0 Å². The van der Waals surface area contributed by atoms with Crippen LogP contribution in [0.5, 0.6) is 0 Å². The lowest BCUT2D eigenvalue weighted by Gasteiger charge is -2.33. The van der Waals surface area contributed by atoms with Gasteiger partial charge in [0.15, 0.2) is 0 Å². The normalized spacial score (nSPS) is 39.7. The van der Waals surface area contributed by atoms with Crippen LogP contribution in [0, 0.1) is 5.92 Å². The molecule has 2 heteroatoms. The molecule has 1 saturated heterocycles. The van der Waals surface area contributed by atoms with Crippen LogP contribution in [0.15, 0.2) is 17.1 Å². The van der Waals surface area contributed by atoms with Crippen molar-refractivity contribution in [3.8, 4) is 0 Å². The highest BCUT2D eigenvalue weighted by atomic mass is 16.5. The molecular formula is C16H25NO. The number of hydrogen-bond donors (Lipinski definition) is 0. The van der Waals surface area contributed by atoms with Crippen molar-refractivity contribution < 1.29 is 4.74 Å². The molecule has 0 N–H and O–H groups in total. The van der Waals surface area contributed by atoms with Crippen LogP contribution in [0.25, 0.3) is 0 Å². The van der Waals surface area contributed by atoms with Crippen molar-refractivity contribution in [2.75, 3.05) is 0 Å². The smallest absolute Gasteiger partial charge is 0.212 e. The zero-order valence-electron chi connectivity index (χ0n) is 11.6. The first kappa shape index (κ1) is 12.3. The molecule has 0 aromatic rings. The molecule has 2 saturated carbocycles. The van der Waals surface area contributed by atoms with E-state index >= 15 is 0 Å². The molecule has 100 valence electrons. The Labute approximate surface area is 111 Å².